The van der Waals surface area contributed by atoms with Crippen LogP contribution in [0.15, 0.2) is 53.4 Å². The van der Waals surface area contributed by atoms with Crippen LogP contribution in [-0.2, 0) is 27.5 Å². The Kier molecular flexibility index (Phi) is 7.53. The average molecular weight is 483 g/mol. The van der Waals surface area contributed by atoms with Gasteiger partial charge in [0.05, 0.1) is 10.5 Å². The Bertz CT molecular complexity index is 1070. The van der Waals surface area contributed by atoms with Gasteiger partial charge in [0.1, 0.15) is 0 Å². The fraction of sp³-hybridized carbons (Fsp3) is 0.458. The molecule has 0 atom stereocenters. The topological polar surface area (TPSA) is 57.7 Å². The molecule has 1 aliphatic rings. The highest BCUT2D eigenvalue weighted by Gasteiger charge is 2.34. The van der Waals surface area contributed by atoms with E-state index >= 15 is 0 Å². The van der Waals surface area contributed by atoms with Gasteiger partial charge in [0.2, 0.25) is 15.9 Å². The van der Waals surface area contributed by atoms with E-state index in [4.69, 9.17) is 0 Å². The second-order valence-corrected chi connectivity index (χ2v) is 10.7. The molecule has 0 aliphatic carbocycles. The lowest BCUT2D eigenvalue weighted by Gasteiger charge is -2.32. The van der Waals surface area contributed by atoms with Crippen LogP contribution in [0.1, 0.15) is 49.3 Å². The van der Waals surface area contributed by atoms with Gasteiger partial charge in [-0.05, 0) is 54.2 Å². The Morgan fingerprint density at radius 2 is 1.70 bits per heavy atom. The second kappa shape index (κ2) is 9.85. The molecule has 1 aliphatic heterocycles. The van der Waals surface area contributed by atoms with E-state index in [1.807, 2.05) is 26.0 Å². The van der Waals surface area contributed by atoms with Crippen molar-refractivity contribution >= 4 is 15.9 Å². The number of carbonyl (C=O) groups excluding carboxylic acids is 1. The molecule has 180 valence electrons. The molecule has 33 heavy (non-hydrogen) atoms. The molecule has 2 aromatic carbocycles. The molecule has 0 aromatic heterocycles. The number of carbonyl (C=O) groups is 1. The molecule has 0 spiro atoms. The molecular formula is C24H29F3N2O3S. The summed E-state index contributed by atoms with van der Waals surface area (Å²) in [6.45, 7) is 4.58. The van der Waals surface area contributed by atoms with Gasteiger partial charge in [0, 0.05) is 32.6 Å². The maximum absolute atomic E-state index is 13.0. The predicted molar refractivity (Wildman–Crippen MR) is 120 cm³/mol. The van der Waals surface area contributed by atoms with Crippen LogP contribution in [-0.4, -0.2) is 43.7 Å². The molecule has 0 radical (unpaired) electrons. The molecule has 9 heteroatoms. The zero-order valence-corrected chi connectivity index (χ0v) is 19.8. The van der Waals surface area contributed by atoms with Gasteiger partial charge < -0.3 is 4.90 Å². The van der Waals surface area contributed by atoms with Gasteiger partial charge in [0.25, 0.3) is 0 Å². The van der Waals surface area contributed by atoms with E-state index in [2.05, 4.69) is 0 Å². The number of hydrogen-bond acceptors (Lipinski definition) is 3. The van der Waals surface area contributed by atoms with Crippen molar-refractivity contribution in [3.05, 3.63) is 65.2 Å². The normalized spacial score (nSPS) is 16.2. The lowest BCUT2D eigenvalue weighted by molar-refractivity contribution is -0.137. The Balaban J connectivity index is 1.60. The lowest BCUT2D eigenvalue weighted by Crippen LogP contribution is -2.43. The van der Waals surface area contributed by atoms with Crippen molar-refractivity contribution < 1.29 is 26.4 Å². The first kappa shape index (κ1) is 25.2. The summed E-state index contributed by atoms with van der Waals surface area (Å²) in [5, 5.41) is 0. The SMILES string of the molecule is CC(C)c1ccc(S(=O)(=O)N2CCC(C(=O)N(C)Cc3cccc(C(F)(F)F)c3)CC2)cc1. The third-order valence-electron chi connectivity index (χ3n) is 6.04. The third kappa shape index (κ3) is 5.95. The summed E-state index contributed by atoms with van der Waals surface area (Å²) < 4.78 is 66.1. The number of alkyl halides is 3. The zero-order valence-electron chi connectivity index (χ0n) is 19.0. The highest BCUT2D eigenvalue weighted by atomic mass is 32.2. The van der Waals surface area contributed by atoms with Crippen molar-refractivity contribution in [1.29, 1.82) is 0 Å². The zero-order chi connectivity index (χ0) is 24.4. The Morgan fingerprint density at radius 3 is 2.24 bits per heavy atom. The number of halogens is 3. The average Bonchev–Trinajstić information content (AvgIpc) is 2.78. The summed E-state index contributed by atoms with van der Waals surface area (Å²) in [6, 6.07) is 11.8. The van der Waals surface area contributed by atoms with E-state index in [1.54, 1.807) is 25.2 Å². The molecule has 1 saturated heterocycles. The van der Waals surface area contributed by atoms with Crippen LogP contribution in [0.3, 0.4) is 0 Å². The van der Waals surface area contributed by atoms with Gasteiger partial charge in [-0.3, -0.25) is 4.79 Å². The lowest BCUT2D eigenvalue weighted by atomic mass is 9.96. The minimum absolute atomic E-state index is 0.0590. The van der Waals surface area contributed by atoms with Crippen molar-refractivity contribution in [1.82, 2.24) is 9.21 Å². The van der Waals surface area contributed by atoms with Crippen LogP contribution in [0.25, 0.3) is 0 Å². The van der Waals surface area contributed by atoms with Gasteiger partial charge in [-0.15, -0.1) is 0 Å². The first-order chi connectivity index (χ1) is 15.4. The maximum Gasteiger partial charge on any atom is 0.416 e. The molecular weight excluding hydrogens is 453 g/mol. The Labute approximate surface area is 193 Å². The van der Waals surface area contributed by atoms with Crippen molar-refractivity contribution in [2.75, 3.05) is 20.1 Å². The van der Waals surface area contributed by atoms with Crippen LogP contribution >= 0.6 is 0 Å². The van der Waals surface area contributed by atoms with E-state index in [1.165, 1.54) is 15.3 Å². The summed E-state index contributed by atoms with van der Waals surface area (Å²) >= 11 is 0. The number of nitrogens with zero attached hydrogens (tertiary/aromatic N) is 2. The van der Waals surface area contributed by atoms with Crippen molar-refractivity contribution in [2.45, 2.75) is 50.2 Å². The molecule has 0 bridgehead atoms. The van der Waals surface area contributed by atoms with E-state index in [9.17, 15) is 26.4 Å². The van der Waals surface area contributed by atoms with Crippen molar-refractivity contribution in [3.63, 3.8) is 0 Å². The first-order valence-corrected chi connectivity index (χ1v) is 12.3. The summed E-state index contributed by atoms with van der Waals surface area (Å²) in [5.41, 5.74) is 0.702. The molecule has 5 nitrogen and oxygen atoms in total. The Hall–Kier alpha value is -2.39. The fourth-order valence-electron chi connectivity index (χ4n) is 4.03. The van der Waals surface area contributed by atoms with E-state index in [-0.39, 0.29) is 36.4 Å². The summed E-state index contributed by atoms with van der Waals surface area (Å²) in [4.78, 5) is 14.5. The van der Waals surface area contributed by atoms with E-state index < -0.39 is 21.8 Å². The summed E-state index contributed by atoms with van der Waals surface area (Å²) in [6.07, 6.45) is -3.70. The summed E-state index contributed by atoms with van der Waals surface area (Å²) in [5.74, 6) is -0.252. The Morgan fingerprint density at radius 1 is 1.09 bits per heavy atom. The molecule has 2 aromatic rings. The number of hydrogen-bond donors (Lipinski definition) is 0. The van der Waals surface area contributed by atoms with Gasteiger partial charge in [-0.2, -0.15) is 17.5 Å². The molecule has 1 heterocycles. The first-order valence-electron chi connectivity index (χ1n) is 10.9. The largest absolute Gasteiger partial charge is 0.416 e. The molecule has 0 N–H and O–H groups in total. The van der Waals surface area contributed by atoms with Crippen LogP contribution < -0.4 is 0 Å². The van der Waals surface area contributed by atoms with Crippen LogP contribution in [0.2, 0.25) is 0 Å². The molecule has 3 rings (SSSR count). The minimum Gasteiger partial charge on any atom is -0.341 e. The number of piperidine rings is 1. The highest BCUT2D eigenvalue weighted by molar-refractivity contribution is 7.89. The number of rotatable bonds is 6. The van der Waals surface area contributed by atoms with Crippen molar-refractivity contribution in [2.24, 2.45) is 5.92 Å². The molecule has 1 amide bonds. The van der Waals surface area contributed by atoms with Gasteiger partial charge >= 0.3 is 6.18 Å². The van der Waals surface area contributed by atoms with Gasteiger partial charge in [0.15, 0.2) is 0 Å². The van der Waals surface area contributed by atoms with Crippen LogP contribution in [0.5, 0.6) is 0 Å². The smallest absolute Gasteiger partial charge is 0.341 e. The van der Waals surface area contributed by atoms with E-state index in [0.717, 1.165) is 17.7 Å². The quantitative estimate of drug-likeness (QED) is 0.589. The fourth-order valence-corrected chi connectivity index (χ4v) is 5.50. The molecule has 0 unspecified atom stereocenters. The van der Waals surface area contributed by atoms with E-state index in [0.29, 0.717) is 24.3 Å². The third-order valence-corrected chi connectivity index (χ3v) is 7.95. The van der Waals surface area contributed by atoms with Gasteiger partial charge in [-0.1, -0.05) is 38.1 Å². The number of amides is 1. The predicted octanol–water partition coefficient (Wildman–Crippen LogP) is 4.89. The number of benzene rings is 2. The van der Waals surface area contributed by atoms with Crippen LogP contribution in [0, 0.1) is 5.92 Å². The molecule has 0 saturated carbocycles. The number of sulfonamides is 1. The molecule has 1 fully saturated rings. The monoisotopic (exact) mass is 482 g/mol. The van der Waals surface area contributed by atoms with Gasteiger partial charge in [-0.25, -0.2) is 8.42 Å². The maximum atomic E-state index is 13.0. The highest BCUT2D eigenvalue weighted by Crippen LogP contribution is 2.30. The van der Waals surface area contributed by atoms with Crippen LogP contribution in [0.4, 0.5) is 13.2 Å². The summed E-state index contributed by atoms with van der Waals surface area (Å²) in [7, 11) is -2.08. The minimum atomic E-state index is -4.44. The standard InChI is InChI=1S/C24H29F3N2O3S/c1-17(2)19-7-9-22(10-8-19)33(31,32)29-13-11-20(12-14-29)23(30)28(3)16-18-5-4-6-21(15-18)24(25,26)27/h4-10,15,17,20H,11-14,16H2,1-3H3. The van der Waals surface area contributed by atoms with Crippen molar-refractivity contribution in [3.8, 4) is 0 Å². The second-order valence-electron chi connectivity index (χ2n) is 8.79.